The molecule has 2 nitrogen and oxygen atoms in total. The Hall–Kier alpha value is -1.54. The second kappa shape index (κ2) is 5.62. The number of rotatable bonds is 3. The fraction of sp³-hybridized carbons (Fsp3) is 0.412. The maximum absolute atomic E-state index is 3.59. The largest absolute Gasteiger partial charge is 0.369 e. The number of nitrogens with one attached hydrogen (secondary N) is 1. The van der Waals surface area contributed by atoms with Crippen LogP contribution >= 0.6 is 0 Å². The molecule has 1 fully saturated rings. The van der Waals surface area contributed by atoms with Crippen LogP contribution in [0.5, 0.6) is 0 Å². The molecule has 0 amide bonds. The Labute approximate surface area is 115 Å². The predicted molar refractivity (Wildman–Crippen MR) is 82.9 cm³/mol. The van der Waals surface area contributed by atoms with E-state index in [0.29, 0.717) is 6.04 Å². The minimum absolute atomic E-state index is 0.637. The van der Waals surface area contributed by atoms with E-state index >= 15 is 0 Å². The minimum Gasteiger partial charge on any atom is -0.369 e. The molecule has 0 aliphatic carbocycles. The topological polar surface area (TPSA) is 15.3 Å². The Kier molecular flexibility index (Phi) is 3.69. The molecule has 1 unspecified atom stereocenters. The van der Waals surface area contributed by atoms with Gasteiger partial charge in [-0.1, -0.05) is 43.3 Å². The number of likely N-dealkylation sites (N-methyl/N-ethyl adjacent to an activating group) is 1. The van der Waals surface area contributed by atoms with E-state index < -0.39 is 0 Å². The number of hydrogen-bond donors (Lipinski definition) is 1. The van der Waals surface area contributed by atoms with Crippen LogP contribution in [-0.4, -0.2) is 25.7 Å². The third kappa shape index (κ3) is 2.59. The summed E-state index contributed by atoms with van der Waals surface area (Å²) in [4.78, 5) is 2.54. The Bertz CT molecular complexity index is 542. The molecule has 0 bridgehead atoms. The summed E-state index contributed by atoms with van der Waals surface area (Å²) in [5.74, 6) is 0. The predicted octanol–water partition coefficient (Wildman–Crippen LogP) is 3.42. The maximum atomic E-state index is 3.59. The van der Waals surface area contributed by atoms with Gasteiger partial charge in [-0.05, 0) is 30.8 Å². The number of hydrogen-bond acceptors (Lipinski definition) is 2. The van der Waals surface area contributed by atoms with E-state index in [2.05, 4.69) is 59.6 Å². The highest BCUT2D eigenvalue weighted by molar-refractivity contribution is 5.94. The van der Waals surface area contributed by atoms with Crippen molar-refractivity contribution in [2.75, 3.05) is 24.5 Å². The van der Waals surface area contributed by atoms with Gasteiger partial charge in [0.1, 0.15) is 0 Å². The SMILES string of the molecule is CCNC1CCCN(c2cccc3ccccc23)C1. The van der Waals surface area contributed by atoms with E-state index in [1.165, 1.54) is 35.8 Å². The smallest absolute Gasteiger partial charge is 0.0446 e. The lowest BCUT2D eigenvalue weighted by atomic mass is 10.0. The summed E-state index contributed by atoms with van der Waals surface area (Å²) in [5.41, 5.74) is 1.39. The number of piperidine rings is 1. The van der Waals surface area contributed by atoms with E-state index in [1.807, 2.05) is 0 Å². The lowest BCUT2D eigenvalue weighted by molar-refractivity contribution is 0.432. The zero-order valence-electron chi connectivity index (χ0n) is 11.6. The third-order valence-corrected chi connectivity index (χ3v) is 4.02. The Morgan fingerprint density at radius 3 is 2.89 bits per heavy atom. The summed E-state index contributed by atoms with van der Waals surface area (Å²) in [6, 6.07) is 16.0. The lowest BCUT2D eigenvalue weighted by Gasteiger charge is -2.35. The van der Waals surface area contributed by atoms with Crippen molar-refractivity contribution in [3.05, 3.63) is 42.5 Å². The molecule has 2 heteroatoms. The van der Waals surface area contributed by atoms with Crippen LogP contribution in [-0.2, 0) is 0 Å². The van der Waals surface area contributed by atoms with Crippen molar-refractivity contribution in [1.82, 2.24) is 5.32 Å². The molecule has 19 heavy (non-hydrogen) atoms. The molecular weight excluding hydrogens is 232 g/mol. The molecule has 1 aliphatic heterocycles. The molecule has 2 aromatic carbocycles. The van der Waals surface area contributed by atoms with Crippen molar-refractivity contribution in [2.45, 2.75) is 25.8 Å². The van der Waals surface area contributed by atoms with Crippen molar-refractivity contribution < 1.29 is 0 Å². The molecular formula is C17H22N2. The highest BCUT2D eigenvalue weighted by atomic mass is 15.2. The summed E-state index contributed by atoms with van der Waals surface area (Å²) in [7, 11) is 0. The molecule has 1 aliphatic rings. The van der Waals surface area contributed by atoms with Crippen LogP contribution in [0.15, 0.2) is 42.5 Å². The van der Waals surface area contributed by atoms with E-state index in [1.54, 1.807) is 0 Å². The van der Waals surface area contributed by atoms with Gasteiger partial charge in [0.15, 0.2) is 0 Å². The monoisotopic (exact) mass is 254 g/mol. The second-order valence-electron chi connectivity index (χ2n) is 5.34. The first-order valence-corrected chi connectivity index (χ1v) is 7.34. The molecule has 0 saturated carbocycles. The molecule has 0 radical (unpaired) electrons. The first-order chi connectivity index (χ1) is 9.38. The van der Waals surface area contributed by atoms with Gasteiger partial charge in [-0.2, -0.15) is 0 Å². The van der Waals surface area contributed by atoms with Crippen molar-refractivity contribution in [3.8, 4) is 0 Å². The van der Waals surface area contributed by atoms with Gasteiger partial charge in [-0.15, -0.1) is 0 Å². The Morgan fingerprint density at radius 2 is 2.00 bits per heavy atom. The first kappa shape index (κ1) is 12.5. The van der Waals surface area contributed by atoms with Gasteiger partial charge < -0.3 is 10.2 Å². The summed E-state index contributed by atoms with van der Waals surface area (Å²) in [6.45, 7) is 5.56. The molecule has 0 spiro atoms. The molecule has 0 aromatic heterocycles. The standard InChI is InChI=1S/C17H22N2/c1-2-18-15-9-6-12-19(13-15)17-11-5-8-14-7-3-4-10-16(14)17/h3-5,7-8,10-11,15,18H,2,6,9,12-13H2,1H3. The van der Waals surface area contributed by atoms with Crippen molar-refractivity contribution in [3.63, 3.8) is 0 Å². The van der Waals surface area contributed by atoms with Crippen molar-refractivity contribution >= 4 is 16.5 Å². The summed E-state index contributed by atoms with van der Waals surface area (Å²) >= 11 is 0. The molecule has 1 heterocycles. The molecule has 100 valence electrons. The van der Waals surface area contributed by atoms with Gasteiger partial charge in [-0.25, -0.2) is 0 Å². The molecule has 1 saturated heterocycles. The number of fused-ring (bicyclic) bond motifs is 1. The Balaban J connectivity index is 1.91. The third-order valence-electron chi connectivity index (χ3n) is 4.02. The average molecular weight is 254 g/mol. The van der Waals surface area contributed by atoms with Gasteiger partial charge in [0.2, 0.25) is 0 Å². The highest BCUT2D eigenvalue weighted by Crippen LogP contribution is 2.28. The normalized spacial score (nSPS) is 19.8. The van der Waals surface area contributed by atoms with Crippen LogP contribution in [0.25, 0.3) is 10.8 Å². The summed E-state index contributed by atoms with van der Waals surface area (Å²) < 4.78 is 0. The van der Waals surface area contributed by atoms with Gasteiger partial charge >= 0.3 is 0 Å². The van der Waals surface area contributed by atoms with Gasteiger partial charge in [0, 0.05) is 30.2 Å². The van der Waals surface area contributed by atoms with Crippen LogP contribution in [0.2, 0.25) is 0 Å². The van der Waals surface area contributed by atoms with Gasteiger partial charge in [-0.3, -0.25) is 0 Å². The highest BCUT2D eigenvalue weighted by Gasteiger charge is 2.20. The quantitative estimate of drug-likeness (QED) is 0.903. The maximum Gasteiger partial charge on any atom is 0.0446 e. The number of benzene rings is 2. The second-order valence-corrected chi connectivity index (χ2v) is 5.34. The molecule has 1 atom stereocenters. The van der Waals surface area contributed by atoms with E-state index in [0.717, 1.165) is 13.1 Å². The van der Waals surface area contributed by atoms with Gasteiger partial charge in [0.25, 0.3) is 0 Å². The van der Waals surface area contributed by atoms with Crippen molar-refractivity contribution in [2.24, 2.45) is 0 Å². The van der Waals surface area contributed by atoms with Gasteiger partial charge in [0.05, 0.1) is 0 Å². The van der Waals surface area contributed by atoms with E-state index in [9.17, 15) is 0 Å². The zero-order valence-corrected chi connectivity index (χ0v) is 11.6. The summed E-state index contributed by atoms with van der Waals surface area (Å²) in [6.07, 6.45) is 2.58. The van der Waals surface area contributed by atoms with Crippen LogP contribution in [0.3, 0.4) is 0 Å². The fourth-order valence-electron chi connectivity index (χ4n) is 3.14. The molecule has 2 aromatic rings. The fourth-order valence-corrected chi connectivity index (χ4v) is 3.14. The number of anilines is 1. The van der Waals surface area contributed by atoms with Crippen LogP contribution in [0.4, 0.5) is 5.69 Å². The minimum atomic E-state index is 0.637. The van der Waals surface area contributed by atoms with E-state index in [-0.39, 0.29) is 0 Å². The zero-order chi connectivity index (χ0) is 13.1. The Morgan fingerprint density at radius 1 is 1.16 bits per heavy atom. The average Bonchev–Trinajstić information content (AvgIpc) is 2.47. The lowest BCUT2D eigenvalue weighted by Crippen LogP contribution is -2.45. The van der Waals surface area contributed by atoms with Crippen LogP contribution in [0.1, 0.15) is 19.8 Å². The van der Waals surface area contributed by atoms with Crippen LogP contribution in [0, 0.1) is 0 Å². The van der Waals surface area contributed by atoms with E-state index in [4.69, 9.17) is 0 Å². The van der Waals surface area contributed by atoms with Crippen LogP contribution < -0.4 is 10.2 Å². The van der Waals surface area contributed by atoms with Crippen molar-refractivity contribution in [1.29, 1.82) is 0 Å². The molecule has 1 N–H and O–H groups in total. The first-order valence-electron chi connectivity index (χ1n) is 7.34. The molecule has 3 rings (SSSR count). The summed E-state index contributed by atoms with van der Waals surface area (Å²) in [5, 5.41) is 6.31. The number of nitrogens with zero attached hydrogens (tertiary/aromatic N) is 1.